The number of carbonyl (C=O) groups excluding carboxylic acids is 2. The van der Waals surface area contributed by atoms with E-state index in [0.717, 1.165) is 38.2 Å². The Kier molecular flexibility index (Phi) is 7.06. The van der Waals surface area contributed by atoms with Gasteiger partial charge in [0.15, 0.2) is 0 Å². The maximum atomic E-state index is 12.3. The molecule has 1 heterocycles. The molecule has 0 saturated carbocycles. The molecule has 24 heavy (non-hydrogen) atoms. The fourth-order valence-corrected chi connectivity index (χ4v) is 2.91. The summed E-state index contributed by atoms with van der Waals surface area (Å²) in [5, 5.41) is 0.708. The molecule has 0 aromatic heterocycles. The van der Waals surface area contributed by atoms with Crippen LogP contribution in [0.3, 0.4) is 0 Å². The number of halogens is 1. The number of benzene rings is 1. The predicted octanol–water partition coefficient (Wildman–Crippen LogP) is 1.90. The van der Waals surface area contributed by atoms with Crippen LogP contribution in [-0.2, 0) is 16.0 Å². The Morgan fingerprint density at radius 2 is 1.71 bits per heavy atom. The average Bonchev–Trinajstić information content (AvgIpc) is 2.56. The summed E-state index contributed by atoms with van der Waals surface area (Å²) in [6.45, 7) is 6.04. The van der Waals surface area contributed by atoms with E-state index < -0.39 is 0 Å². The third-order valence-electron chi connectivity index (χ3n) is 4.48. The molecule has 0 spiro atoms. The molecule has 1 aromatic carbocycles. The molecule has 6 heteroatoms. The topological polar surface area (TPSA) is 43.9 Å². The zero-order chi connectivity index (χ0) is 17.5. The summed E-state index contributed by atoms with van der Waals surface area (Å²) in [5.74, 6) is 0.149. The largest absolute Gasteiger partial charge is 0.342 e. The number of nitrogens with zero attached hydrogens (tertiary/aromatic N) is 3. The van der Waals surface area contributed by atoms with Crippen molar-refractivity contribution in [2.24, 2.45) is 0 Å². The molecule has 0 atom stereocenters. The second-order valence-electron chi connectivity index (χ2n) is 6.32. The number of hydrogen-bond acceptors (Lipinski definition) is 3. The van der Waals surface area contributed by atoms with Crippen molar-refractivity contribution < 1.29 is 9.59 Å². The highest BCUT2D eigenvalue weighted by Crippen LogP contribution is 2.11. The van der Waals surface area contributed by atoms with Crippen LogP contribution >= 0.6 is 11.6 Å². The molecular weight excluding hydrogens is 326 g/mol. The van der Waals surface area contributed by atoms with E-state index in [1.165, 1.54) is 0 Å². The van der Waals surface area contributed by atoms with Gasteiger partial charge in [0, 0.05) is 57.6 Å². The van der Waals surface area contributed by atoms with Gasteiger partial charge in [-0.05, 0) is 31.2 Å². The normalized spacial score (nSPS) is 15.4. The highest BCUT2D eigenvalue weighted by atomic mass is 35.5. The minimum Gasteiger partial charge on any atom is -0.342 e. The van der Waals surface area contributed by atoms with E-state index in [0.29, 0.717) is 24.5 Å². The van der Waals surface area contributed by atoms with Crippen LogP contribution in [0, 0.1) is 0 Å². The molecule has 0 bridgehead atoms. The van der Waals surface area contributed by atoms with Crippen molar-refractivity contribution in [2.75, 3.05) is 46.3 Å². The first-order valence-electron chi connectivity index (χ1n) is 8.42. The van der Waals surface area contributed by atoms with Gasteiger partial charge in [-0.3, -0.25) is 9.59 Å². The number of likely N-dealkylation sites (N-methyl/N-ethyl adjacent to an activating group) is 1. The van der Waals surface area contributed by atoms with E-state index in [-0.39, 0.29) is 11.8 Å². The Morgan fingerprint density at radius 3 is 2.29 bits per heavy atom. The zero-order valence-corrected chi connectivity index (χ0v) is 15.3. The number of rotatable bonds is 6. The van der Waals surface area contributed by atoms with Gasteiger partial charge in [0.1, 0.15) is 0 Å². The van der Waals surface area contributed by atoms with Gasteiger partial charge in [-0.15, -0.1) is 0 Å². The van der Waals surface area contributed by atoms with E-state index in [9.17, 15) is 9.59 Å². The fraction of sp³-hybridized carbons (Fsp3) is 0.556. The molecule has 132 valence electrons. The molecule has 1 aromatic rings. The van der Waals surface area contributed by atoms with Crippen LogP contribution in [0.15, 0.2) is 24.3 Å². The SMILES string of the molecule is CC(=O)N(CCC(=O)N1CCN(C)CC1)CCc1ccc(Cl)cc1. The average molecular weight is 352 g/mol. The Hall–Kier alpha value is -1.59. The van der Waals surface area contributed by atoms with Crippen LogP contribution in [0.1, 0.15) is 18.9 Å². The van der Waals surface area contributed by atoms with Gasteiger partial charge in [0.25, 0.3) is 0 Å². The molecule has 0 radical (unpaired) electrons. The van der Waals surface area contributed by atoms with Gasteiger partial charge < -0.3 is 14.7 Å². The molecule has 1 fully saturated rings. The number of carbonyl (C=O) groups is 2. The van der Waals surface area contributed by atoms with Crippen molar-refractivity contribution in [2.45, 2.75) is 19.8 Å². The molecule has 0 N–H and O–H groups in total. The molecule has 0 aliphatic carbocycles. The van der Waals surface area contributed by atoms with Crippen LogP contribution in [0.25, 0.3) is 0 Å². The van der Waals surface area contributed by atoms with Crippen molar-refractivity contribution in [3.63, 3.8) is 0 Å². The smallest absolute Gasteiger partial charge is 0.224 e. The summed E-state index contributed by atoms with van der Waals surface area (Å²) in [5.41, 5.74) is 1.14. The maximum absolute atomic E-state index is 12.3. The van der Waals surface area contributed by atoms with Gasteiger partial charge in [-0.1, -0.05) is 23.7 Å². The van der Waals surface area contributed by atoms with Gasteiger partial charge in [-0.2, -0.15) is 0 Å². The van der Waals surface area contributed by atoms with E-state index in [4.69, 9.17) is 11.6 Å². The molecule has 5 nitrogen and oxygen atoms in total. The second-order valence-corrected chi connectivity index (χ2v) is 6.75. The zero-order valence-electron chi connectivity index (χ0n) is 14.5. The number of piperazine rings is 1. The lowest BCUT2D eigenvalue weighted by molar-refractivity contribution is -0.134. The maximum Gasteiger partial charge on any atom is 0.224 e. The number of amides is 2. The van der Waals surface area contributed by atoms with Crippen molar-refractivity contribution in [1.82, 2.24) is 14.7 Å². The Balaban J connectivity index is 1.79. The van der Waals surface area contributed by atoms with Gasteiger partial charge in [-0.25, -0.2) is 0 Å². The van der Waals surface area contributed by atoms with Crippen molar-refractivity contribution in [3.05, 3.63) is 34.9 Å². The first-order chi connectivity index (χ1) is 11.5. The molecule has 1 saturated heterocycles. The first-order valence-corrected chi connectivity index (χ1v) is 8.80. The molecular formula is C18H26ClN3O2. The van der Waals surface area contributed by atoms with E-state index >= 15 is 0 Å². The lowest BCUT2D eigenvalue weighted by Gasteiger charge is -2.33. The predicted molar refractivity (Wildman–Crippen MR) is 96.1 cm³/mol. The third kappa shape index (κ3) is 5.80. The highest BCUT2D eigenvalue weighted by Gasteiger charge is 2.20. The Morgan fingerprint density at radius 1 is 1.08 bits per heavy atom. The molecule has 1 aliphatic rings. The van der Waals surface area contributed by atoms with E-state index in [2.05, 4.69) is 11.9 Å². The van der Waals surface area contributed by atoms with Gasteiger partial charge in [0.05, 0.1) is 0 Å². The summed E-state index contributed by atoms with van der Waals surface area (Å²) in [4.78, 5) is 30.0. The Bertz CT molecular complexity index is 554. The van der Waals surface area contributed by atoms with Crippen molar-refractivity contribution in [3.8, 4) is 0 Å². The molecule has 1 aliphatic heterocycles. The van der Waals surface area contributed by atoms with Crippen molar-refractivity contribution >= 4 is 23.4 Å². The quantitative estimate of drug-likeness (QED) is 0.786. The minimum atomic E-state index is 0.00939. The second kappa shape index (κ2) is 9.04. The standard InChI is InChI=1S/C18H26ClN3O2/c1-15(23)21(9-7-16-3-5-17(19)6-4-16)10-8-18(24)22-13-11-20(2)12-14-22/h3-6H,7-14H2,1-2H3. The summed E-state index contributed by atoms with van der Waals surface area (Å²) >= 11 is 5.88. The monoisotopic (exact) mass is 351 g/mol. The number of hydrogen-bond donors (Lipinski definition) is 0. The summed E-state index contributed by atoms with van der Waals surface area (Å²) in [7, 11) is 2.07. The van der Waals surface area contributed by atoms with Crippen LogP contribution in [0.2, 0.25) is 5.02 Å². The molecule has 0 unspecified atom stereocenters. The molecule has 2 rings (SSSR count). The summed E-state index contributed by atoms with van der Waals surface area (Å²) < 4.78 is 0. The minimum absolute atomic E-state index is 0.00939. The fourth-order valence-electron chi connectivity index (χ4n) is 2.79. The summed E-state index contributed by atoms with van der Waals surface area (Å²) in [6, 6.07) is 7.64. The van der Waals surface area contributed by atoms with Crippen molar-refractivity contribution in [1.29, 1.82) is 0 Å². The van der Waals surface area contributed by atoms with Crippen LogP contribution in [-0.4, -0.2) is 72.8 Å². The third-order valence-corrected chi connectivity index (χ3v) is 4.73. The Labute approximate surface area is 149 Å². The van der Waals surface area contributed by atoms with E-state index in [1.807, 2.05) is 29.2 Å². The lowest BCUT2D eigenvalue weighted by atomic mass is 10.1. The lowest BCUT2D eigenvalue weighted by Crippen LogP contribution is -2.48. The van der Waals surface area contributed by atoms with Gasteiger partial charge in [0.2, 0.25) is 11.8 Å². The van der Waals surface area contributed by atoms with E-state index in [1.54, 1.807) is 11.8 Å². The molecule has 2 amide bonds. The summed E-state index contributed by atoms with van der Waals surface area (Å²) in [6.07, 6.45) is 1.16. The first kappa shape index (κ1) is 18.7. The van der Waals surface area contributed by atoms with Gasteiger partial charge >= 0.3 is 0 Å². The van der Waals surface area contributed by atoms with Crippen LogP contribution in [0.4, 0.5) is 0 Å². The van der Waals surface area contributed by atoms with Crippen LogP contribution < -0.4 is 0 Å². The highest BCUT2D eigenvalue weighted by molar-refractivity contribution is 6.30. The van der Waals surface area contributed by atoms with Crippen LogP contribution in [0.5, 0.6) is 0 Å².